The van der Waals surface area contributed by atoms with E-state index >= 15 is 4.39 Å². The van der Waals surface area contributed by atoms with Crippen molar-refractivity contribution in [1.82, 2.24) is 21.3 Å². The third-order valence-electron chi connectivity index (χ3n) is 20.1. The van der Waals surface area contributed by atoms with E-state index in [1.807, 2.05) is 0 Å². The van der Waals surface area contributed by atoms with Gasteiger partial charge < -0.3 is 189 Å². The smallest absolute Gasteiger partial charge is 0.364 e. The Morgan fingerprint density at radius 1 is 0.495 bits per heavy atom. The Hall–Kier alpha value is -4.48. The Morgan fingerprint density at radius 2 is 0.972 bits per heavy atom. The summed E-state index contributed by atoms with van der Waals surface area (Å²) in [6.45, 7) is -5.04. The largest absolute Gasteiger partial charge is 0.477 e. The number of methoxy groups -OCH3 is 2. The van der Waals surface area contributed by atoms with E-state index in [1.54, 1.807) is 0 Å². The number of hydrogen-bond donors (Lipinski definition) is 23. The van der Waals surface area contributed by atoms with Gasteiger partial charge in [0, 0.05) is 66.8 Å². The first kappa shape index (κ1) is 90.1. The first-order valence-electron chi connectivity index (χ1n) is 35.7. The summed E-state index contributed by atoms with van der Waals surface area (Å²) in [6, 6.07) is -3.57. The number of ether oxygens (including phenoxy) is 15. The van der Waals surface area contributed by atoms with E-state index in [-0.39, 0.29) is 25.8 Å². The molecule has 8 rings (SSSR count). The van der Waals surface area contributed by atoms with Gasteiger partial charge in [-0.25, -0.2) is 9.18 Å². The number of aliphatic hydroxyl groups is 18. The van der Waals surface area contributed by atoms with Crippen LogP contribution in [0.25, 0.3) is 0 Å². The predicted octanol–water partition coefficient (Wildman–Crippen LogP) is -12.4. The number of hydrogen-bond acceptors (Lipinski definition) is 38. The van der Waals surface area contributed by atoms with Crippen molar-refractivity contribution in [2.24, 2.45) is 0 Å². The molecule has 109 heavy (non-hydrogen) atoms. The third kappa shape index (κ3) is 21.2. The summed E-state index contributed by atoms with van der Waals surface area (Å²) in [5.41, 5.74) is -2.32. The average molecular weight is 1590 g/mol. The number of rotatable bonds is 33. The minimum atomic E-state index is -3.22. The number of amides is 4. The van der Waals surface area contributed by atoms with Crippen LogP contribution in [0, 0.1) is 11.8 Å². The molecular weight excluding hydrogens is 1480 g/mol. The minimum absolute atomic E-state index is 0.0406. The van der Waals surface area contributed by atoms with Crippen molar-refractivity contribution >= 4 is 29.6 Å². The first-order valence-corrected chi connectivity index (χ1v) is 35.7. The molecule has 44 heteroatoms. The third-order valence-corrected chi connectivity index (χ3v) is 20.1. The number of nitrogens with one attached hydrogen (secondary N) is 4. The van der Waals surface area contributed by atoms with Crippen LogP contribution in [0.3, 0.4) is 0 Å². The quantitative estimate of drug-likeness (QED) is 0.0214. The number of carbonyl (C=O) groups excluding carboxylic acids is 4. The fourth-order valence-electron chi connectivity index (χ4n) is 14.2. The number of halogens is 1. The maximum Gasteiger partial charge on any atom is 0.364 e. The van der Waals surface area contributed by atoms with E-state index in [9.17, 15) is 121 Å². The fourth-order valence-corrected chi connectivity index (χ4v) is 14.2. The molecular formula is C65H105FN4O39. The van der Waals surface area contributed by atoms with Crippen LogP contribution in [-0.2, 0) is 95.0 Å². The van der Waals surface area contributed by atoms with E-state index in [0.29, 0.717) is 25.7 Å². The van der Waals surface area contributed by atoms with Crippen molar-refractivity contribution in [2.45, 2.75) is 298 Å². The topological polar surface area (TPSA) is 656 Å². The van der Waals surface area contributed by atoms with Crippen molar-refractivity contribution in [3.63, 3.8) is 0 Å². The van der Waals surface area contributed by atoms with E-state index in [2.05, 4.69) is 33.1 Å². The van der Waals surface area contributed by atoms with Gasteiger partial charge in [-0.2, -0.15) is 0 Å². The molecule has 0 radical (unpaired) electrons. The molecule has 36 atom stereocenters. The number of carboxylic acid groups (broad SMARTS) is 1. The zero-order chi connectivity index (χ0) is 80.1. The summed E-state index contributed by atoms with van der Waals surface area (Å²) in [5, 5.41) is 222. The SMILES string of the molecule is CO[C@@H]1OC(CO)[C@@H](O[C@@H]2OC(CO)[C@H](O[C@H]3OC(CO)[C@@H](OC)[C@H](O[C@@H]4OC(CO)[C@@H](O[C@@H]5OC(CO)[C@H](O)[C@H](O[C@@]6(C(=O)O)C[C@@H](O)[C@H](NC(C)=O)C(C(O)CNC(=O)CCCCCNC(=O)C7(F)C#CCCCCC7)O6)C5O)[C@H](O)C4NC(C)=O)C3O)[C@H](O[C@@H]3OC(CO)[C@@H](O)[C@H](O)C3O)C2O)[C@H](O)C1O. The van der Waals surface area contributed by atoms with Gasteiger partial charge in [-0.05, 0) is 25.7 Å². The van der Waals surface area contributed by atoms with Crippen LogP contribution in [0.5, 0.6) is 0 Å². The monoisotopic (exact) mass is 1580 g/mol. The molecule has 1 aliphatic carbocycles. The van der Waals surface area contributed by atoms with Crippen molar-refractivity contribution in [3.8, 4) is 11.8 Å². The lowest BCUT2D eigenvalue weighted by Gasteiger charge is -2.52. The fraction of sp³-hybridized carbons (Fsp3) is 0.892. The number of aliphatic carboxylic acids is 1. The van der Waals surface area contributed by atoms with Crippen LogP contribution in [0.15, 0.2) is 0 Å². The van der Waals surface area contributed by atoms with E-state index in [1.165, 1.54) is 0 Å². The number of aliphatic hydroxyl groups excluding tert-OH is 18. The van der Waals surface area contributed by atoms with E-state index in [0.717, 1.165) is 40.9 Å². The van der Waals surface area contributed by atoms with Crippen LogP contribution in [0.1, 0.15) is 78.1 Å². The molecule has 43 nitrogen and oxygen atoms in total. The maximum absolute atomic E-state index is 15.3. The lowest BCUT2D eigenvalue weighted by atomic mass is 9.89. The molecule has 7 heterocycles. The summed E-state index contributed by atoms with van der Waals surface area (Å²) >= 11 is 0. The zero-order valence-corrected chi connectivity index (χ0v) is 59.9. The Bertz CT molecular complexity index is 2970. The highest BCUT2D eigenvalue weighted by Crippen LogP contribution is 2.41. The van der Waals surface area contributed by atoms with Crippen molar-refractivity contribution in [1.29, 1.82) is 0 Å². The summed E-state index contributed by atoms with van der Waals surface area (Å²) in [7, 11) is 2.17. The molecule has 8 aliphatic rings. The van der Waals surface area contributed by atoms with Crippen LogP contribution in [-0.4, -0.2) is 414 Å². The van der Waals surface area contributed by atoms with Gasteiger partial charge >= 0.3 is 5.97 Å². The van der Waals surface area contributed by atoms with Crippen molar-refractivity contribution in [2.75, 3.05) is 67.0 Å². The van der Waals surface area contributed by atoms with Crippen molar-refractivity contribution in [3.05, 3.63) is 0 Å². The lowest BCUT2D eigenvalue weighted by molar-refractivity contribution is -0.405. The molecule has 0 aromatic carbocycles. The Labute approximate surface area is 622 Å². The lowest BCUT2D eigenvalue weighted by Crippen LogP contribution is -2.71. The second-order valence-electron chi connectivity index (χ2n) is 27.7. The van der Waals surface area contributed by atoms with E-state index < -0.39 is 302 Å². The minimum Gasteiger partial charge on any atom is -0.477 e. The number of unbranched alkanes of at least 4 members (excludes halogenated alkanes) is 2. The number of carboxylic acids is 1. The van der Waals surface area contributed by atoms with Gasteiger partial charge in [0.25, 0.3) is 11.7 Å². The molecule has 15 unspecified atom stereocenters. The van der Waals surface area contributed by atoms with Gasteiger partial charge in [-0.15, -0.1) is 0 Å². The molecule has 7 saturated heterocycles. The van der Waals surface area contributed by atoms with Crippen LogP contribution in [0.4, 0.5) is 4.39 Å². The summed E-state index contributed by atoms with van der Waals surface area (Å²) < 4.78 is 103. The molecule has 7 aliphatic heterocycles. The van der Waals surface area contributed by atoms with Crippen LogP contribution >= 0.6 is 0 Å². The highest BCUT2D eigenvalue weighted by molar-refractivity contribution is 5.88. The highest BCUT2D eigenvalue weighted by atomic mass is 19.1. The second-order valence-corrected chi connectivity index (χ2v) is 27.7. The number of alkyl halides is 1. The Kier molecular flexibility index (Phi) is 33.6. The average Bonchev–Trinajstić information content (AvgIpc) is 0.759. The molecule has 0 aromatic rings. The maximum atomic E-state index is 15.3. The zero-order valence-electron chi connectivity index (χ0n) is 59.9. The van der Waals surface area contributed by atoms with Gasteiger partial charge in [0.1, 0.15) is 153 Å². The summed E-state index contributed by atoms with van der Waals surface area (Å²) in [4.78, 5) is 64.8. The first-order chi connectivity index (χ1) is 51.8. The predicted molar refractivity (Wildman–Crippen MR) is 348 cm³/mol. The molecule has 0 bridgehead atoms. The molecule has 0 aromatic heterocycles. The van der Waals surface area contributed by atoms with Gasteiger partial charge in [-0.3, -0.25) is 19.2 Å². The highest BCUT2D eigenvalue weighted by Gasteiger charge is 2.62. The standard InChI is InChI=1S/C65H105FN4O39/c1-25(77)69-36-27(79)17-65(63(93)94,108-48(36)28(80)18-68-35(81)13-9-8-12-16-67-62(92)64(66)14-10-6-5-7-11-15-64)109-53-39(83)30(20-72)98-59(45(53)89)103-49-31(21-73)99-56(37(40(49)84)70-26(2)78)106-54-46(90)61(101-33(23-75)51(54)95-3)105-52-34(24-76)102-60(104-50-32(22-74)100-57(96-4)44(88)42(50)86)47(91)55(52)107-58-43(87)41(85)38(82)29(19-71)97-58/h27-34,36-61,71-76,79-80,82-91H,5-10,12-14,16-24H2,1-4H3,(H,67,92)(H,68,81)(H,69,77)(H,70,78)(H,93,94)/t27-,28?,29?,30?,31?,32?,33?,34?,36+,37?,38-,39+,40-,41+,42-,43?,44?,45?,46?,47?,48?,49-,50-,51-,52+,53+,54-,55-,56+,57-,58+,59+,60+,61-,64?,65-/m1/s1. The summed E-state index contributed by atoms with van der Waals surface area (Å²) in [5.74, 6) is -3.41. The van der Waals surface area contributed by atoms with E-state index in [4.69, 9.17) is 71.1 Å². The molecule has 626 valence electrons. The number of carbonyl (C=O) groups is 5. The molecule has 0 spiro atoms. The van der Waals surface area contributed by atoms with Gasteiger partial charge in [-0.1, -0.05) is 24.7 Å². The van der Waals surface area contributed by atoms with Gasteiger partial charge in [0.05, 0.1) is 57.9 Å². The Balaban J connectivity index is 0.983. The molecule has 7 fully saturated rings. The normalized spacial score (nSPS) is 43.8. The van der Waals surface area contributed by atoms with Gasteiger partial charge in [0.15, 0.2) is 37.7 Å². The van der Waals surface area contributed by atoms with Gasteiger partial charge in [0.2, 0.25) is 23.4 Å². The second kappa shape index (κ2) is 40.7. The van der Waals surface area contributed by atoms with Crippen LogP contribution in [0.2, 0.25) is 0 Å². The molecule has 4 amide bonds. The Morgan fingerprint density at radius 3 is 1.54 bits per heavy atom. The molecule has 23 N–H and O–H groups in total. The van der Waals surface area contributed by atoms with Crippen LogP contribution < -0.4 is 21.3 Å². The van der Waals surface area contributed by atoms with Crippen molar-refractivity contribution < 1.29 is 196 Å². The summed E-state index contributed by atoms with van der Waals surface area (Å²) in [6.07, 6.45) is -62.1. The molecule has 0 saturated carbocycles.